The molecule has 124 valence electrons. The molecule has 1 N–H and O–H groups in total. The standard InChI is InChI=1S/C15H8BrF3N2O2S/c16-12-6-5-8(23-12)7-11-13(22)21-14(24-11)20-10-4-2-1-3-9(10)15(17,18)19/h1-7H,(H,20,21,22)/b11-7+. The summed E-state index contributed by atoms with van der Waals surface area (Å²) < 4.78 is 44.7. The van der Waals surface area contributed by atoms with Crippen molar-refractivity contribution in [2.24, 2.45) is 4.99 Å². The third-order valence-electron chi connectivity index (χ3n) is 2.95. The fraction of sp³-hybridized carbons (Fsp3) is 0.0667. The molecule has 1 amide bonds. The number of amidine groups is 1. The molecule has 2 aromatic rings. The van der Waals surface area contributed by atoms with Gasteiger partial charge in [0.1, 0.15) is 5.76 Å². The van der Waals surface area contributed by atoms with E-state index in [2.05, 4.69) is 26.2 Å². The summed E-state index contributed by atoms with van der Waals surface area (Å²) in [4.78, 5) is 16.1. The number of halogens is 4. The van der Waals surface area contributed by atoms with E-state index in [1.54, 1.807) is 12.1 Å². The fourth-order valence-corrected chi connectivity index (χ4v) is 3.07. The molecule has 1 saturated heterocycles. The van der Waals surface area contributed by atoms with Crippen LogP contribution in [0.3, 0.4) is 0 Å². The summed E-state index contributed by atoms with van der Waals surface area (Å²) in [5, 5.41) is 2.52. The molecule has 0 unspecified atom stereocenters. The summed E-state index contributed by atoms with van der Waals surface area (Å²) >= 11 is 4.09. The van der Waals surface area contributed by atoms with E-state index in [-0.39, 0.29) is 15.8 Å². The van der Waals surface area contributed by atoms with E-state index in [1.807, 2.05) is 0 Å². The first-order valence-electron chi connectivity index (χ1n) is 6.54. The van der Waals surface area contributed by atoms with E-state index in [1.165, 1.54) is 24.3 Å². The van der Waals surface area contributed by atoms with Crippen LogP contribution in [0, 0.1) is 0 Å². The van der Waals surface area contributed by atoms with Crippen molar-refractivity contribution < 1.29 is 22.4 Å². The third kappa shape index (κ3) is 3.73. The molecule has 0 saturated carbocycles. The van der Waals surface area contributed by atoms with Crippen LogP contribution in [0.25, 0.3) is 6.08 Å². The summed E-state index contributed by atoms with van der Waals surface area (Å²) in [6.07, 6.45) is -3.03. The average Bonchev–Trinajstić information content (AvgIpc) is 3.05. The molecule has 1 fully saturated rings. The van der Waals surface area contributed by atoms with Crippen molar-refractivity contribution in [2.75, 3.05) is 0 Å². The van der Waals surface area contributed by atoms with Gasteiger partial charge in [0.15, 0.2) is 9.84 Å². The van der Waals surface area contributed by atoms with Crippen LogP contribution in [0.2, 0.25) is 0 Å². The maximum Gasteiger partial charge on any atom is 0.418 e. The number of alkyl halides is 3. The SMILES string of the molecule is O=C1NC(=Nc2ccccc2C(F)(F)F)S/C1=C/c1ccc(Br)o1. The van der Waals surface area contributed by atoms with Gasteiger partial charge in [0, 0.05) is 6.08 Å². The zero-order chi connectivity index (χ0) is 17.3. The van der Waals surface area contributed by atoms with E-state index in [0.29, 0.717) is 10.4 Å². The van der Waals surface area contributed by atoms with Gasteiger partial charge >= 0.3 is 6.18 Å². The van der Waals surface area contributed by atoms with Crippen molar-refractivity contribution in [3.05, 3.63) is 57.3 Å². The van der Waals surface area contributed by atoms with Crippen molar-refractivity contribution in [2.45, 2.75) is 6.18 Å². The number of benzene rings is 1. The summed E-state index contributed by atoms with van der Waals surface area (Å²) in [5.41, 5.74) is -1.12. The number of nitrogens with zero attached hydrogens (tertiary/aromatic N) is 1. The number of amides is 1. The van der Waals surface area contributed by atoms with Gasteiger partial charge in [-0.1, -0.05) is 12.1 Å². The number of hydrogen-bond donors (Lipinski definition) is 1. The molecule has 1 aliphatic heterocycles. The molecule has 24 heavy (non-hydrogen) atoms. The number of aliphatic imine (C=N–C) groups is 1. The Morgan fingerprint density at radius 2 is 1.96 bits per heavy atom. The number of rotatable bonds is 2. The van der Waals surface area contributed by atoms with E-state index in [4.69, 9.17) is 4.42 Å². The minimum atomic E-state index is -4.52. The first-order chi connectivity index (χ1) is 11.3. The molecule has 3 rings (SSSR count). The Hall–Kier alpha value is -2.00. The maximum atomic E-state index is 13.0. The second-order valence-electron chi connectivity index (χ2n) is 4.64. The number of carbonyl (C=O) groups excluding carboxylic acids is 1. The highest BCUT2D eigenvalue weighted by Crippen LogP contribution is 2.37. The predicted octanol–water partition coefficient (Wildman–Crippen LogP) is 4.95. The summed E-state index contributed by atoms with van der Waals surface area (Å²) in [5.74, 6) is -0.00720. The van der Waals surface area contributed by atoms with Gasteiger partial charge in [0.05, 0.1) is 16.2 Å². The zero-order valence-electron chi connectivity index (χ0n) is 11.7. The van der Waals surface area contributed by atoms with E-state index in [0.717, 1.165) is 17.8 Å². The van der Waals surface area contributed by atoms with Crippen LogP contribution < -0.4 is 5.32 Å². The van der Waals surface area contributed by atoms with Gasteiger partial charge < -0.3 is 9.73 Å². The van der Waals surface area contributed by atoms with Crippen molar-refractivity contribution in [3.63, 3.8) is 0 Å². The Balaban J connectivity index is 1.89. The smallest absolute Gasteiger partial charge is 0.418 e. The molecule has 0 spiro atoms. The van der Waals surface area contributed by atoms with Crippen LogP contribution in [-0.2, 0) is 11.0 Å². The van der Waals surface area contributed by atoms with Crippen LogP contribution in [0.4, 0.5) is 18.9 Å². The van der Waals surface area contributed by atoms with Crippen molar-refractivity contribution in [1.82, 2.24) is 5.32 Å². The number of thioether (sulfide) groups is 1. The molecular formula is C15H8BrF3N2O2S. The Labute approximate surface area is 147 Å². The highest BCUT2D eigenvalue weighted by Gasteiger charge is 2.34. The van der Waals surface area contributed by atoms with Crippen molar-refractivity contribution in [3.8, 4) is 0 Å². The quantitative estimate of drug-likeness (QED) is 0.704. The lowest BCUT2D eigenvalue weighted by molar-refractivity contribution is -0.137. The first kappa shape index (κ1) is 16.8. The molecule has 9 heteroatoms. The van der Waals surface area contributed by atoms with Gasteiger partial charge in [0.2, 0.25) is 0 Å². The second kappa shape index (κ2) is 6.48. The van der Waals surface area contributed by atoms with Crippen LogP contribution in [0.15, 0.2) is 55.4 Å². The monoisotopic (exact) mass is 416 g/mol. The Bertz CT molecular complexity index is 858. The molecular weight excluding hydrogens is 409 g/mol. The molecule has 1 aromatic carbocycles. The molecule has 0 radical (unpaired) electrons. The van der Waals surface area contributed by atoms with Gasteiger partial charge in [0.25, 0.3) is 5.91 Å². The lowest BCUT2D eigenvalue weighted by Gasteiger charge is -2.09. The number of carbonyl (C=O) groups is 1. The van der Waals surface area contributed by atoms with Gasteiger partial charge in [-0.05, 0) is 52.0 Å². The number of hydrogen-bond acceptors (Lipinski definition) is 4. The summed E-state index contributed by atoms with van der Waals surface area (Å²) in [6, 6.07) is 8.24. The normalized spacial score (nSPS) is 18.4. The van der Waals surface area contributed by atoms with Gasteiger partial charge in [-0.15, -0.1) is 0 Å². The number of nitrogens with one attached hydrogen (secondary N) is 1. The van der Waals surface area contributed by atoms with Crippen molar-refractivity contribution >= 4 is 50.5 Å². The van der Waals surface area contributed by atoms with E-state index >= 15 is 0 Å². The minimum Gasteiger partial charge on any atom is -0.450 e. The molecule has 4 nitrogen and oxygen atoms in total. The fourth-order valence-electron chi connectivity index (χ4n) is 1.94. The maximum absolute atomic E-state index is 13.0. The Morgan fingerprint density at radius 1 is 1.21 bits per heavy atom. The summed E-state index contributed by atoms with van der Waals surface area (Å²) in [7, 11) is 0. The molecule has 1 aliphatic rings. The predicted molar refractivity (Wildman–Crippen MR) is 88.7 cm³/mol. The highest BCUT2D eigenvalue weighted by molar-refractivity contribution is 9.10. The highest BCUT2D eigenvalue weighted by atomic mass is 79.9. The lowest BCUT2D eigenvalue weighted by Crippen LogP contribution is -2.19. The molecule has 1 aromatic heterocycles. The van der Waals surface area contributed by atoms with Gasteiger partial charge in [-0.3, -0.25) is 4.79 Å². The van der Waals surface area contributed by atoms with Gasteiger partial charge in [-0.25, -0.2) is 4.99 Å². The largest absolute Gasteiger partial charge is 0.450 e. The van der Waals surface area contributed by atoms with E-state index in [9.17, 15) is 18.0 Å². The van der Waals surface area contributed by atoms with Crippen LogP contribution in [-0.4, -0.2) is 11.1 Å². The van der Waals surface area contributed by atoms with Gasteiger partial charge in [-0.2, -0.15) is 13.2 Å². The van der Waals surface area contributed by atoms with Crippen molar-refractivity contribution in [1.29, 1.82) is 0 Å². The number of furan rings is 1. The first-order valence-corrected chi connectivity index (χ1v) is 8.15. The molecule has 0 bridgehead atoms. The minimum absolute atomic E-state index is 0.0774. The van der Waals surface area contributed by atoms with Crippen LogP contribution in [0.1, 0.15) is 11.3 Å². The lowest BCUT2D eigenvalue weighted by atomic mass is 10.2. The number of para-hydroxylation sites is 1. The third-order valence-corrected chi connectivity index (χ3v) is 4.29. The Morgan fingerprint density at radius 3 is 2.62 bits per heavy atom. The Kier molecular flexibility index (Phi) is 4.55. The van der Waals surface area contributed by atoms with E-state index < -0.39 is 17.6 Å². The molecule has 2 heterocycles. The van der Waals surface area contributed by atoms with Crippen LogP contribution in [0.5, 0.6) is 0 Å². The summed E-state index contributed by atoms with van der Waals surface area (Å²) in [6.45, 7) is 0. The van der Waals surface area contributed by atoms with Crippen LogP contribution >= 0.6 is 27.7 Å². The average molecular weight is 417 g/mol. The zero-order valence-corrected chi connectivity index (χ0v) is 14.1. The molecule has 0 aliphatic carbocycles. The second-order valence-corrected chi connectivity index (χ2v) is 6.45. The topological polar surface area (TPSA) is 54.6 Å². The molecule has 0 atom stereocenters.